The zero-order chi connectivity index (χ0) is 12.4. The van der Waals surface area contributed by atoms with E-state index in [0.29, 0.717) is 5.89 Å². The van der Waals surface area contributed by atoms with Crippen molar-refractivity contribution in [3.63, 3.8) is 0 Å². The van der Waals surface area contributed by atoms with Gasteiger partial charge in [0, 0.05) is 16.7 Å². The smallest absolute Gasteiger partial charge is 0.227 e. The van der Waals surface area contributed by atoms with Gasteiger partial charge >= 0.3 is 0 Å². The topological polar surface area (TPSA) is 67.6 Å². The van der Waals surface area contributed by atoms with E-state index in [-0.39, 0.29) is 0 Å². The van der Waals surface area contributed by atoms with Crippen molar-refractivity contribution < 1.29 is 4.42 Å². The molecule has 18 heavy (non-hydrogen) atoms. The molecule has 0 aliphatic rings. The fourth-order valence-corrected chi connectivity index (χ4v) is 2.89. The maximum absolute atomic E-state index is 5.67. The van der Waals surface area contributed by atoms with Crippen LogP contribution in [-0.2, 0) is 5.75 Å². The molecule has 1 N–H and O–H groups in total. The molecule has 0 fully saturated rings. The summed E-state index contributed by atoms with van der Waals surface area (Å²) in [6.45, 7) is 1.93. The van der Waals surface area contributed by atoms with Crippen LogP contribution in [0.2, 0.25) is 0 Å². The van der Waals surface area contributed by atoms with Crippen LogP contribution in [0.3, 0.4) is 0 Å². The third kappa shape index (κ3) is 2.32. The number of rotatable bonds is 4. The van der Waals surface area contributed by atoms with E-state index in [9.17, 15) is 0 Å². The molecule has 0 aliphatic carbocycles. The largest absolute Gasteiger partial charge is 0.441 e. The normalized spacial score (nSPS) is 10.9. The third-order valence-electron chi connectivity index (χ3n) is 2.41. The minimum absolute atomic E-state index is 0.685. The van der Waals surface area contributed by atoms with Crippen LogP contribution in [0.5, 0.6) is 0 Å². The highest BCUT2D eigenvalue weighted by Gasteiger charge is 2.12. The van der Waals surface area contributed by atoms with Crippen LogP contribution in [0.15, 0.2) is 32.5 Å². The van der Waals surface area contributed by atoms with E-state index >= 15 is 0 Å². The SMILES string of the molecule is Cc1oc(-c2ccsc2)nc1CSc1cn[nH]n1. The number of nitrogens with zero attached hydrogens (tertiary/aromatic N) is 3. The molecule has 0 bridgehead atoms. The number of H-pyrrole nitrogens is 1. The fraction of sp³-hybridized carbons (Fsp3) is 0.182. The Labute approximate surface area is 112 Å². The molecular formula is C11H10N4OS2. The second-order valence-corrected chi connectivity index (χ2v) is 5.41. The number of nitrogens with one attached hydrogen (secondary N) is 1. The predicted molar refractivity (Wildman–Crippen MR) is 70.5 cm³/mol. The first-order chi connectivity index (χ1) is 8.83. The lowest BCUT2D eigenvalue weighted by Gasteiger charge is -1.92. The maximum atomic E-state index is 5.67. The number of aryl methyl sites for hydroxylation is 1. The van der Waals surface area contributed by atoms with Crippen molar-refractivity contribution in [1.82, 2.24) is 20.4 Å². The molecule has 3 heterocycles. The Bertz CT molecular complexity index is 616. The molecule has 3 rings (SSSR count). The van der Waals surface area contributed by atoms with E-state index in [0.717, 1.165) is 27.8 Å². The summed E-state index contributed by atoms with van der Waals surface area (Å²) in [5, 5.41) is 15.2. The highest BCUT2D eigenvalue weighted by atomic mass is 32.2. The van der Waals surface area contributed by atoms with Gasteiger partial charge in [-0.2, -0.15) is 21.6 Å². The number of aromatic nitrogens is 4. The molecule has 5 nitrogen and oxygen atoms in total. The van der Waals surface area contributed by atoms with Crippen molar-refractivity contribution in [3.05, 3.63) is 34.5 Å². The van der Waals surface area contributed by atoms with Crippen LogP contribution in [0.25, 0.3) is 11.5 Å². The first-order valence-electron chi connectivity index (χ1n) is 5.30. The summed E-state index contributed by atoms with van der Waals surface area (Å²) in [5.74, 6) is 2.27. The van der Waals surface area contributed by atoms with Crippen molar-refractivity contribution in [2.45, 2.75) is 17.7 Å². The number of hydrogen-bond acceptors (Lipinski definition) is 6. The number of thiophene rings is 1. The molecule has 7 heteroatoms. The van der Waals surface area contributed by atoms with E-state index in [1.807, 2.05) is 23.8 Å². The van der Waals surface area contributed by atoms with Crippen molar-refractivity contribution in [2.24, 2.45) is 0 Å². The first-order valence-corrected chi connectivity index (χ1v) is 7.23. The zero-order valence-electron chi connectivity index (χ0n) is 9.58. The monoisotopic (exact) mass is 278 g/mol. The molecule has 92 valence electrons. The first kappa shape index (κ1) is 11.5. The number of aromatic amines is 1. The predicted octanol–water partition coefficient (Wildman–Crippen LogP) is 3.12. The molecule has 0 unspecified atom stereocenters. The van der Waals surface area contributed by atoms with Crippen LogP contribution < -0.4 is 0 Å². The highest BCUT2D eigenvalue weighted by Crippen LogP contribution is 2.27. The second-order valence-electron chi connectivity index (χ2n) is 3.63. The lowest BCUT2D eigenvalue weighted by atomic mass is 10.3. The van der Waals surface area contributed by atoms with Gasteiger partial charge in [0.15, 0.2) is 0 Å². The van der Waals surface area contributed by atoms with Crippen molar-refractivity contribution in [3.8, 4) is 11.5 Å². The van der Waals surface area contributed by atoms with Gasteiger partial charge < -0.3 is 4.42 Å². The third-order valence-corrected chi connectivity index (χ3v) is 4.00. The molecule has 3 aromatic heterocycles. The fourth-order valence-electron chi connectivity index (χ4n) is 1.47. The van der Waals surface area contributed by atoms with Crippen LogP contribution >= 0.6 is 23.1 Å². The minimum Gasteiger partial charge on any atom is -0.441 e. The highest BCUT2D eigenvalue weighted by molar-refractivity contribution is 7.98. The van der Waals surface area contributed by atoms with Gasteiger partial charge in [-0.1, -0.05) is 11.8 Å². The van der Waals surface area contributed by atoms with E-state index in [2.05, 4.69) is 20.4 Å². The molecule has 0 amide bonds. The summed E-state index contributed by atoms with van der Waals surface area (Å²) in [7, 11) is 0. The molecule has 3 aromatic rings. The van der Waals surface area contributed by atoms with E-state index in [1.54, 1.807) is 29.3 Å². The van der Waals surface area contributed by atoms with Gasteiger partial charge in [0.2, 0.25) is 5.89 Å². The van der Waals surface area contributed by atoms with Crippen molar-refractivity contribution >= 4 is 23.1 Å². The zero-order valence-corrected chi connectivity index (χ0v) is 11.2. The van der Waals surface area contributed by atoms with Gasteiger partial charge in [-0.3, -0.25) is 0 Å². The maximum Gasteiger partial charge on any atom is 0.227 e. The number of hydrogen-bond donors (Lipinski definition) is 1. The van der Waals surface area contributed by atoms with Gasteiger partial charge in [-0.05, 0) is 18.4 Å². The number of thioether (sulfide) groups is 1. The number of oxazole rings is 1. The molecule has 0 radical (unpaired) electrons. The Morgan fingerprint density at radius 1 is 1.50 bits per heavy atom. The minimum atomic E-state index is 0.685. The second kappa shape index (κ2) is 4.95. The lowest BCUT2D eigenvalue weighted by Crippen LogP contribution is -1.84. The van der Waals surface area contributed by atoms with E-state index in [4.69, 9.17) is 4.42 Å². The van der Waals surface area contributed by atoms with Crippen molar-refractivity contribution in [1.29, 1.82) is 0 Å². The summed E-state index contributed by atoms with van der Waals surface area (Å²) >= 11 is 3.21. The molecular weight excluding hydrogens is 268 g/mol. The van der Waals surface area contributed by atoms with Crippen LogP contribution in [0.1, 0.15) is 11.5 Å². The standard InChI is InChI=1S/C11H10N4OS2/c1-7-9(6-18-10-4-12-15-14-10)13-11(16-7)8-2-3-17-5-8/h2-5H,6H2,1H3,(H,12,14,15). The molecule has 0 aromatic carbocycles. The summed E-state index contributed by atoms with van der Waals surface area (Å²) in [5.41, 5.74) is 1.98. The molecule has 0 saturated heterocycles. The Morgan fingerprint density at radius 3 is 3.17 bits per heavy atom. The molecule has 0 spiro atoms. The van der Waals surface area contributed by atoms with E-state index in [1.165, 1.54) is 0 Å². The Kier molecular flexibility index (Phi) is 3.16. The van der Waals surface area contributed by atoms with Gasteiger partial charge in [0.1, 0.15) is 10.8 Å². The van der Waals surface area contributed by atoms with Crippen molar-refractivity contribution in [2.75, 3.05) is 0 Å². The van der Waals surface area contributed by atoms with Gasteiger partial charge in [0.05, 0.1) is 11.9 Å². The summed E-state index contributed by atoms with van der Waals surface area (Å²) in [6.07, 6.45) is 1.69. The quantitative estimate of drug-likeness (QED) is 0.743. The van der Waals surface area contributed by atoms with Crippen LogP contribution in [-0.4, -0.2) is 20.4 Å². The average molecular weight is 278 g/mol. The Balaban J connectivity index is 1.77. The van der Waals surface area contributed by atoms with Crippen LogP contribution in [0.4, 0.5) is 0 Å². The average Bonchev–Trinajstić information content (AvgIpc) is 3.09. The molecule has 0 aliphatic heterocycles. The lowest BCUT2D eigenvalue weighted by molar-refractivity contribution is 0.541. The molecule has 0 saturated carbocycles. The summed E-state index contributed by atoms with van der Waals surface area (Å²) in [4.78, 5) is 4.51. The van der Waals surface area contributed by atoms with Gasteiger partial charge in [-0.25, -0.2) is 4.98 Å². The van der Waals surface area contributed by atoms with Crippen LogP contribution in [0, 0.1) is 6.92 Å². The van der Waals surface area contributed by atoms with Gasteiger partial charge in [0.25, 0.3) is 0 Å². The van der Waals surface area contributed by atoms with Gasteiger partial charge in [-0.15, -0.1) is 5.10 Å². The molecule has 0 atom stereocenters. The van der Waals surface area contributed by atoms with E-state index < -0.39 is 0 Å². The summed E-state index contributed by atoms with van der Waals surface area (Å²) < 4.78 is 5.67. The Hall–Kier alpha value is -1.60. The Morgan fingerprint density at radius 2 is 2.44 bits per heavy atom. The summed E-state index contributed by atoms with van der Waals surface area (Å²) in [6, 6.07) is 2.00.